The topological polar surface area (TPSA) is 77.2 Å². The predicted octanol–water partition coefficient (Wildman–Crippen LogP) is 5.90. The largest absolute Gasteiger partial charge is 0.487 e. The van der Waals surface area contributed by atoms with Gasteiger partial charge < -0.3 is 14.4 Å². The highest BCUT2D eigenvalue weighted by Gasteiger charge is 2.15. The number of rotatable bonds is 7. The van der Waals surface area contributed by atoms with E-state index in [0.29, 0.717) is 23.9 Å². The smallest absolute Gasteiger partial charge is 0.335 e. The highest BCUT2D eigenvalue weighted by Crippen LogP contribution is 2.28. The first-order valence-corrected chi connectivity index (χ1v) is 11.2. The number of pyridine rings is 1. The average molecular weight is 464 g/mol. The molecule has 0 unspecified atom stereocenters. The molecule has 0 saturated heterocycles. The highest BCUT2D eigenvalue weighted by atomic mass is 35.5. The summed E-state index contributed by atoms with van der Waals surface area (Å²) < 4.78 is 8.08. The van der Waals surface area contributed by atoms with Crippen molar-refractivity contribution in [3.63, 3.8) is 0 Å². The molecule has 1 N–H and O–H groups in total. The van der Waals surface area contributed by atoms with Crippen LogP contribution >= 0.6 is 11.6 Å². The average Bonchev–Trinajstić information content (AvgIpc) is 3.11. The Hall–Kier alpha value is -3.38. The standard InChI is InChI=1S/C26H26ClN3O3/c1-5-23-29-24-16(3)10-17(4)28-25(24)30(23)13-18-6-9-22(21(27)12-18)33-14-20-8-7-19(26(31)32)11-15(20)2/h6-12H,5,13-14H2,1-4H3,(H,31,32). The highest BCUT2D eigenvalue weighted by molar-refractivity contribution is 6.32. The summed E-state index contributed by atoms with van der Waals surface area (Å²) in [6.45, 7) is 8.94. The zero-order chi connectivity index (χ0) is 23.7. The van der Waals surface area contributed by atoms with Crippen LogP contribution in [-0.2, 0) is 19.6 Å². The Kier molecular flexibility index (Phi) is 6.38. The van der Waals surface area contributed by atoms with E-state index in [4.69, 9.17) is 31.4 Å². The Labute approximate surface area is 197 Å². The fourth-order valence-corrected chi connectivity index (χ4v) is 4.23. The number of carboxylic acid groups (broad SMARTS) is 1. The van der Waals surface area contributed by atoms with Crippen molar-refractivity contribution in [1.82, 2.24) is 14.5 Å². The van der Waals surface area contributed by atoms with Gasteiger partial charge in [-0.3, -0.25) is 0 Å². The van der Waals surface area contributed by atoms with Gasteiger partial charge in [0.05, 0.1) is 17.1 Å². The Morgan fingerprint density at radius 3 is 2.52 bits per heavy atom. The molecule has 4 rings (SSSR count). The lowest BCUT2D eigenvalue weighted by molar-refractivity contribution is 0.0696. The summed E-state index contributed by atoms with van der Waals surface area (Å²) in [4.78, 5) is 20.7. The monoisotopic (exact) mass is 463 g/mol. The van der Waals surface area contributed by atoms with Crippen molar-refractivity contribution in [2.75, 3.05) is 0 Å². The molecule has 0 aliphatic rings. The number of hydrogen-bond acceptors (Lipinski definition) is 4. The first-order valence-electron chi connectivity index (χ1n) is 10.8. The molecular weight excluding hydrogens is 438 g/mol. The first-order chi connectivity index (χ1) is 15.8. The van der Waals surface area contributed by atoms with Gasteiger partial charge in [-0.05, 0) is 73.4 Å². The van der Waals surface area contributed by atoms with E-state index in [9.17, 15) is 4.79 Å². The summed E-state index contributed by atoms with van der Waals surface area (Å²) >= 11 is 6.54. The van der Waals surface area contributed by atoms with Crippen molar-refractivity contribution in [3.05, 3.63) is 86.8 Å². The maximum Gasteiger partial charge on any atom is 0.335 e. The Morgan fingerprint density at radius 2 is 1.85 bits per heavy atom. The Bertz CT molecular complexity index is 1360. The summed E-state index contributed by atoms with van der Waals surface area (Å²) in [7, 11) is 0. The molecule has 0 saturated carbocycles. The van der Waals surface area contributed by atoms with Gasteiger partial charge in [0.1, 0.15) is 23.7 Å². The van der Waals surface area contributed by atoms with Gasteiger partial charge >= 0.3 is 5.97 Å². The van der Waals surface area contributed by atoms with Crippen molar-refractivity contribution >= 4 is 28.7 Å². The SMILES string of the molecule is CCc1nc2c(C)cc(C)nc2n1Cc1ccc(OCc2ccc(C(=O)O)cc2C)c(Cl)c1. The molecule has 4 aromatic rings. The number of fused-ring (bicyclic) bond motifs is 1. The van der Waals surface area contributed by atoms with Crippen molar-refractivity contribution in [1.29, 1.82) is 0 Å². The third-order valence-corrected chi connectivity index (χ3v) is 6.02. The van der Waals surface area contributed by atoms with Crippen molar-refractivity contribution < 1.29 is 14.6 Å². The van der Waals surface area contributed by atoms with Crippen LogP contribution in [0.25, 0.3) is 11.2 Å². The Balaban J connectivity index is 1.55. The number of aryl methyl sites for hydroxylation is 4. The predicted molar refractivity (Wildman–Crippen MR) is 129 cm³/mol. The number of carboxylic acids is 1. The van der Waals surface area contributed by atoms with Crippen molar-refractivity contribution in [3.8, 4) is 5.75 Å². The molecule has 0 bridgehead atoms. The second-order valence-corrected chi connectivity index (χ2v) is 8.63. The fraction of sp³-hybridized carbons (Fsp3) is 0.269. The molecule has 6 nitrogen and oxygen atoms in total. The van der Waals surface area contributed by atoms with Gasteiger partial charge in [-0.15, -0.1) is 0 Å². The summed E-state index contributed by atoms with van der Waals surface area (Å²) in [5.41, 5.74) is 6.99. The molecule has 2 heterocycles. The lowest BCUT2D eigenvalue weighted by Gasteiger charge is -2.13. The first kappa shape index (κ1) is 22.8. The molecule has 0 fully saturated rings. The van der Waals surface area contributed by atoms with Gasteiger partial charge in [-0.1, -0.05) is 30.7 Å². The third kappa shape index (κ3) is 4.71. The minimum Gasteiger partial charge on any atom is -0.487 e. The van der Waals surface area contributed by atoms with Crippen LogP contribution in [0.3, 0.4) is 0 Å². The molecule has 33 heavy (non-hydrogen) atoms. The quantitative estimate of drug-likeness (QED) is 0.369. The van der Waals surface area contributed by atoms with Crippen LogP contribution in [0.4, 0.5) is 0 Å². The number of carbonyl (C=O) groups is 1. The van der Waals surface area contributed by atoms with Gasteiger partial charge in [0.2, 0.25) is 0 Å². The van der Waals surface area contributed by atoms with E-state index in [-0.39, 0.29) is 5.56 Å². The second kappa shape index (κ2) is 9.24. The van der Waals surface area contributed by atoms with E-state index < -0.39 is 5.97 Å². The number of halogens is 1. The second-order valence-electron chi connectivity index (χ2n) is 8.22. The van der Waals surface area contributed by atoms with E-state index in [1.54, 1.807) is 18.2 Å². The lowest BCUT2D eigenvalue weighted by Crippen LogP contribution is -2.06. The molecule has 7 heteroatoms. The van der Waals surface area contributed by atoms with Gasteiger partial charge in [-0.2, -0.15) is 0 Å². The molecular formula is C26H26ClN3O3. The van der Waals surface area contributed by atoms with Crippen LogP contribution in [0.15, 0.2) is 42.5 Å². The summed E-state index contributed by atoms with van der Waals surface area (Å²) in [6.07, 6.45) is 0.809. The van der Waals surface area contributed by atoms with Gasteiger partial charge in [0.25, 0.3) is 0 Å². The fourth-order valence-electron chi connectivity index (χ4n) is 3.97. The maximum atomic E-state index is 11.1. The van der Waals surface area contributed by atoms with Crippen LogP contribution < -0.4 is 4.74 Å². The molecule has 0 spiro atoms. The molecule has 0 amide bonds. The van der Waals surface area contributed by atoms with Crippen molar-refractivity contribution in [2.24, 2.45) is 0 Å². The van der Waals surface area contributed by atoms with Crippen LogP contribution in [0.1, 0.15) is 51.1 Å². The molecule has 2 aromatic heterocycles. The minimum absolute atomic E-state index is 0.261. The number of nitrogens with zero attached hydrogens (tertiary/aromatic N) is 3. The summed E-state index contributed by atoms with van der Waals surface area (Å²) in [6, 6.07) is 12.8. The van der Waals surface area contributed by atoms with E-state index in [2.05, 4.69) is 24.5 Å². The lowest BCUT2D eigenvalue weighted by atomic mass is 10.1. The molecule has 0 aliphatic heterocycles. The number of aromatic carboxylic acids is 1. The number of hydrogen-bond donors (Lipinski definition) is 1. The molecule has 0 radical (unpaired) electrons. The van der Waals surface area contributed by atoms with Gasteiger partial charge in [0, 0.05) is 12.1 Å². The Morgan fingerprint density at radius 1 is 1.06 bits per heavy atom. The van der Waals surface area contributed by atoms with E-state index in [1.807, 2.05) is 32.0 Å². The molecule has 0 atom stereocenters. The van der Waals surface area contributed by atoms with Crippen LogP contribution in [-0.4, -0.2) is 25.6 Å². The van der Waals surface area contributed by atoms with Gasteiger partial charge in [0.15, 0.2) is 5.65 Å². The number of aromatic nitrogens is 3. The number of imidazole rings is 1. The number of ether oxygens (including phenoxy) is 1. The zero-order valence-corrected chi connectivity index (χ0v) is 19.9. The molecule has 0 aliphatic carbocycles. The third-order valence-electron chi connectivity index (χ3n) is 5.73. The molecule has 2 aromatic carbocycles. The van der Waals surface area contributed by atoms with Crippen LogP contribution in [0, 0.1) is 20.8 Å². The summed E-state index contributed by atoms with van der Waals surface area (Å²) in [5.74, 6) is 0.628. The normalized spacial score (nSPS) is 11.2. The zero-order valence-electron chi connectivity index (χ0n) is 19.1. The molecule has 170 valence electrons. The van der Waals surface area contributed by atoms with E-state index in [0.717, 1.165) is 51.4 Å². The van der Waals surface area contributed by atoms with Gasteiger partial charge in [-0.25, -0.2) is 14.8 Å². The van der Waals surface area contributed by atoms with E-state index >= 15 is 0 Å². The summed E-state index contributed by atoms with van der Waals surface area (Å²) in [5, 5.41) is 9.65. The van der Waals surface area contributed by atoms with E-state index in [1.165, 1.54) is 0 Å². The van der Waals surface area contributed by atoms with Crippen LogP contribution in [0.2, 0.25) is 5.02 Å². The minimum atomic E-state index is -0.943. The van der Waals surface area contributed by atoms with Crippen molar-refractivity contribution in [2.45, 2.75) is 47.3 Å². The number of benzene rings is 2. The van der Waals surface area contributed by atoms with Crippen LogP contribution in [0.5, 0.6) is 5.75 Å². The maximum absolute atomic E-state index is 11.1.